The second-order valence-corrected chi connectivity index (χ2v) is 3.10. The van der Waals surface area contributed by atoms with Gasteiger partial charge in [-0.15, -0.1) is 0 Å². The van der Waals surface area contributed by atoms with E-state index in [4.69, 9.17) is 5.11 Å². The van der Waals surface area contributed by atoms with Crippen LogP contribution in [-0.2, 0) is 6.18 Å². The number of aromatic amines is 1. The lowest BCUT2D eigenvalue weighted by Gasteiger charge is -2.06. The Morgan fingerprint density at radius 2 is 2.12 bits per heavy atom. The lowest BCUT2D eigenvalue weighted by molar-refractivity contribution is -0.141. The highest BCUT2D eigenvalue weighted by Crippen LogP contribution is 2.30. The highest BCUT2D eigenvalue weighted by Gasteiger charge is 2.34. The number of rotatable bonds is 1. The zero-order valence-corrected chi connectivity index (χ0v) is 7.67. The number of aromatic nitrogens is 2. The Morgan fingerprint density at radius 1 is 1.44 bits per heavy atom. The lowest BCUT2D eigenvalue weighted by atomic mass is 10.1. The second-order valence-electron chi connectivity index (χ2n) is 3.10. The third-order valence-electron chi connectivity index (χ3n) is 2.05. The molecule has 0 aliphatic heterocycles. The Bertz CT molecular complexity index is 559. The van der Waals surface area contributed by atoms with E-state index >= 15 is 0 Å². The van der Waals surface area contributed by atoms with Crippen LogP contribution in [0.3, 0.4) is 0 Å². The quantitative estimate of drug-likeness (QED) is 0.789. The first-order valence-electron chi connectivity index (χ1n) is 4.18. The Balaban J connectivity index is 2.76. The van der Waals surface area contributed by atoms with Gasteiger partial charge >= 0.3 is 12.1 Å². The normalized spacial score (nSPS) is 11.9. The van der Waals surface area contributed by atoms with E-state index in [9.17, 15) is 18.0 Å². The number of halogens is 3. The number of alkyl halides is 3. The van der Waals surface area contributed by atoms with Crippen LogP contribution >= 0.6 is 0 Å². The van der Waals surface area contributed by atoms with Gasteiger partial charge in [0.25, 0.3) is 0 Å². The number of fused-ring (bicyclic) bond motifs is 1. The van der Waals surface area contributed by atoms with Gasteiger partial charge in [-0.05, 0) is 12.1 Å². The molecule has 0 saturated heterocycles. The molecule has 2 rings (SSSR count). The fourth-order valence-electron chi connectivity index (χ4n) is 1.36. The molecule has 0 bridgehead atoms. The molecule has 0 aliphatic carbocycles. The Hall–Kier alpha value is -2.05. The molecule has 0 aromatic carbocycles. The summed E-state index contributed by atoms with van der Waals surface area (Å²) in [5.41, 5.74) is -1.73. The number of carboxylic acids is 1. The van der Waals surface area contributed by atoms with Crippen molar-refractivity contribution in [2.75, 3.05) is 0 Å². The second kappa shape index (κ2) is 3.22. The third kappa shape index (κ3) is 1.60. The van der Waals surface area contributed by atoms with E-state index in [1.807, 2.05) is 0 Å². The van der Waals surface area contributed by atoms with Gasteiger partial charge in [0, 0.05) is 11.6 Å². The minimum absolute atomic E-state index is 0.0905. The molecule has 0 aliphatic rings. The van der Waals surface area contributed by atoms with E-state index in [1.165, 1.54) is 12.3 Å². The average Bonchev–Trinajstić information content (AvgIpc) is 2.61. The van der Waals surface area contributed by atoms with E-state index in [0.29, 0.717) is 6.07 Å². The Labute approximate surface area is 86.7 Å². The first-order valence-corrected chi connectivity index (χ1v) is 4.18. The summed E-state index contributed by atoms with van der Waals surface area (Å²) < 4.78 is 37.2. The molecule has 2 heterocycles. The van der Waals surface area contributed by atoms with E-state index in [-0.39, 0.29) is 11.0 Å². The lowest BCUT2D eigenvalue weighted by Crippen LogP contribution is -2.10. The van der Waals surface area contributed by atoms with Gasteiger partial charge in [-0.2, -0.15) is 13.2 Å². The molecule has 0 saturated carbocycles. The Kier molecular flexibility index (Phi) is 2.11. The number of hydrogen-bond acceptors (Lipinski definition) is 2. The highest BCUT2D eigenvalue weighted by molar-refractivity contribution is 6.01. The monoisotopic (exact) mass is 230 g/mol. The summed E-state index contributed by atoms with van der Waals surface area (Å²) >= 11 is 0. The first kappa shape index (κ1) is 10.5. The third-order valence-corrected chi connectivity index (χ3v) is 2.05. The fourth-order valence-corrected chi connectivity index (χ4v) is 1.36. The summed E-state index contributed by atoms with van der Waals surface area (Å²) in [5, 5.41) is 8.94. The van der Waals surface area contributed by atoms with Gasteiger partial charge in [0.2, 0.25) is 0 Å². The van der Waals surface area contributed by atoms with Crippen LogP contribution in [0.2, 0.25) is 0 Å². The Morgan fingerprint density at radius 3 is 2.69 bits per heavy atom. The number of hydrogen-bond donors (Lipinski definition) is 2. The number of pyridine rings is 1. The number of carbonyl (C=O) groups is 1. The summed E-state index contributed by atoms with van der Waals surface area (Å²) in [6.45, 7) is 0. The van der Waals surface area contributed by atoms with Crippen LogP contribution < -0.4 is 0 Å². The molecular formula is C9H5F3N2O2. The molecule has 7 heteroatoms. The molecular weight excluding hydrogens is 225 g/mol. The van der Waals surface area contributed by atoms with Crippen LogP contribution in [0, 0.1) is 0 Å². The van der Waals surface area contributed by atoms with E-state index in [2.05, 4.69) is 9.97 Å². The topological polar surface area (TPSA) is 66.0 Å². The summed E-state index contributed by atoms with van der Waals surface area (Å²) in [7, 11) is 0. The predicted octanol–water partition coefficient (Wildman–Crippen LogP) is 2.28. The largest absolute Gasteiger partial charge is 0.478 e. The maximum Gasteiger partial charge on any atom is 0.433 e. The number of nitrogens with zero attached hydrogens (tertiary/aromatic N) is 1. The van der Waals surface area contributed by atoms with Crippen LogP contribution in [-0.4, -0.2) is 21.0 Å². The smallest absolute Gasteiger partial charge is 0.433 e. The van der Waals surface area contributed by atoms with Crippen LogP contribution in [0.25, 0.3) is 11.0 Å². The van der Waals surface area contributed by atoms with Crippen LogP contribution in [0.4, 0.5) is 13.2 Å². The van der Waals surface area contributed by atoms with Gasteiger partial charge in [-0.3, -0.25) is 0 Å². The van der Waals surface area contributed by atoms with Crippen LogP contribution in [0.5, 0.6) is 0 Å². The van der Waals surface area contributed by atoms with Crippen molar-refractivity contribution in [1.82, 2.24) is 9.97 Å². The fraction of sp³-hybridized carbons (Fsp3) is 0.111. The molecule has 84 valence electrons. The van der Waals surface area contributed by atoms with Gasteiger partial charge in [-0.1, -0.05) is 0 Å². The average molecular weight is 230 g/mol. The number of aromatic carboxylic acids is 1. The molecule has 0 fully saturated rings. The summed E-state index contributed by atoms with van der Waals surface area (Å²) in [5.74, 6) is -1.42. The molecule has 0 amide bonds. The maximum atomic E-state index is 12.4. The molecule has 0 atom stereocenters. The first-order chi connectivity index (χ1) is 7.39. The molecule has 4 nitrogen and oxygen atoms in total. The molecule has 0 unspecified atom stereocenters. The van der Waals surface area contributed by atoms with Gasteiger partial charge in [-0.25, -0.2) is 9.78 Å². The van der Waals surface area contributed by atoms with Crippen molar-refractivity contribution in [3.8, 4) is 0 Å². The number of H-pyrrole nitrogens is 1. The minimum atomic E-state index is -4.66. The highest BCUT2D eigenvalue weighted by atomic mass is 19.4. The minimum Gasteiger partial charge on any atom is -0.478 e. The molecule has 0 spiro atoms. The SMILES string of the molecule is O=C(O)c1cc(C(F)(F)F)nc2[nH]ccc12. The number of nitrogens with one attached hydrogen (secondary N) is 1. The maximum absolute atomic E-state index is 12.4. The standard InChI is InChI=1S/C9H5F3N2O2/c10-9(11,12)6-3-5(8(15)16)4-1-2-13-7(4)14-6/h1-3H,(H,13,14)(H,15,16). The van der Waals surface area contributed by atoms with E-state index in [1.54, 1.807) is 0 Å². The predicted molar refractivity (Wildman–Crippen MR) is 48.1 cm³/mol. The van der Waals surface area contributed by atoms with Gasteiger partial charge < -0.3 is 10.1 Å². The van der Waals surface area contributed by atoms with Crippen LogP contribution in [0.1, 0.15) is 16.1 Å². The van der Waals surface area contributed by atoms with Crippen molar-refractivity contribution in [2.24, 2.45) is 0 Å². The van der Waals surface area contributed by atoms with Crippen molar-refractivity contribution in [3.05, 3.63) is 29.6 Å². The molecule has 2 aromatic rings. The van der Waals surface area contributed by atoms with Crippen molar-refractivity contribution in [2.45, 2.75) is 6.18 Å². The van der Waals surface area contributed by atoms with Gasteiger partial charge in [0.1, 0.15) is 11.3 Å². The molecule has 0 radical (unpaired) electrons. The summed E-state index contributed by atoms with van der Waals surface area (Å²) in [4.78, 5) is 16.5. The number of carboxylic acid groups (broad SMARTS) is 1. The zero-order chi connectivity index (χ0) is 11.9. The van der Waals surface area contributed by atoms with Crippen LogP contribution in [0.15, 0.2) is 18.3 Å². The zero-order valence-electron chi connectivity index (χ0n) is 7.67. The molecule has 2 N–H and O–H groups in total. The van der Waals surface area contributed by atoms with Gasteiger partial charge in [0.05, 0.1) is 5.56 Å². The summed E-state index contributed by atoms with van der Waals surface area (Å²) in [6, 6.07) is 1.89. The molecule has 2 aromatic heterocycles. The van der Waals surface area contributed by atoms with E-state index in [0.717, 1.165) is 0 Å². The van der Waals surface area contributed by atoms with Crippen molar-refractivity contribution in [3.63, 3.8) is 0 Å². The molecule has 16 heavy (non-hydrogen) atoms. The van der Waals surface area contributed by atoms with Crippen molar-refractivity contribution < 1.29 is 23.1 Å². The van der Waals surface area contributed by atoms with Crippen molar-refractivity contribution in [1.29, 1.82) is 0 Å². The van der Waals surface area contributed by atoms with E-state index < -0.39 is 23.4 Å². The van der Waals surface area contributed by atoms with Gasteiger partial charge in [0.15, 0.2) is 0 Å². The van der Waals surface area contributed by atoms with Crippen molar-refractivity contribution >= 4 is 17.0 Å². The summed E-state index contributed by atoms with van der Waals surface area (Å²) in [6.07, 6.45) is -3.33.